The second-order valence-electron chi connectivity index (χ2n) is 5.16. The zero-order chi connectivity index (χ0) is 17.8. The molecule has 3 aromatic rings. The molecule has 0 fully saturated rings. The Bertz CT molecular complexity index is 905. The van der Waals surface area contributed by atoms with E-state index < -0.39 is 5.97 Å². The van der Waals surface area contributed by atoms with Gasteiger partial charge in [-0.1, -0.05) is 0 Å². The summed E-state index contributed by atoms with van der Waals surface area (Å²) < 4.78 is 12.7. The van der Waals surface area contributed by atoms with E-state index in [0.717, 1.165) is 5.56 Å². The highest BCUT2D eigenvalue weighted by Crippen LogP contribution is 2.32. The van der Waals surface area contributed by atoms with E-state index in [1.54, 1.807) is 36.3 Å². The van der Waals surface area contributed by atoms with Crippen LogP contribution in [0.5, 0.6) is 11.5 Å². The third kappa shape index (κ3) is 3.30. The largest absolute Gasteiger partial charge is 0.493 e. The Morgan fingerprint density at radius 2 is 2.08 bits per heavy atom. The average molecular weight is 339 g/mol. The lowest BCUT2D eigenvalue weighted by molar-refractivity contribution is 0.0696. The van der Waals surface area contributed by atoms with E-state index in [9.17, 15) is 4.79 Å². The van der Waals surface area contributed by atoms with Gasteiger partial charge in [0.15, 0.2) is 11.5 Å². The van der Waals surface area contributed by atoms with Crippen molar-refractivity contribution in [3.05, 3.63) is 54.6 Å². The molecule has 128 valence electrons. The molecule has 1 N–H and O–H groups in total. The molecule has 0 bridgehead atoms. The van der Waals surface area contributed by atoms with Crippen molar-refractivity contribution in [2.24, 2.45) is 0 Å². The molecule has 3 rings (SSSR count). The van der Waals surface area contributed by atoms with E-state index in [1.165, 1.54) is 6.20 Å². The van der Waals surface area contributed by atoms with Crippen LogP contribution in [0.25, 0.3) is 17.1 Å². The molecule has 0 saturated carbocycles. The maximum absolute atomic E-state index is 11.2. The summed E-state index contributed by atoms with van der Waals surface area (Å²) in [5, 5.41) is 9.15. The number of rotatable bonds is 6. The number of carboxylic acid groups (broad SMARTS) is 1. The van der Waals surface area contributed by atoms with E-state index in [4.69, 9.17) is 14.6 Å². The Hall–Kier alpha value is -3.35. The Kier molecular flexibility index (Phi) is 4.65. The molecule has 0 unspecified atom stereocenters. The molecule has 2 heterocycles. The molecule has 0 amide bonds. The zero-order valence-corrected chi connectivity index (χ0v) is 13.8. The number of benzene rings is 1. The van der Waals surface area contributed by atoms with Crippen molar-refractivity contribution in [1.82, 2.24) is 14.5 Å². The smallest absolute Gasteiger partial charge is 0.337 e. The predicted molar refractivity (Wildman–Crippen MR) is 91.5 cm³/mol. The first-order chi connectivity index (χ1) is 12.1. The van der Waals surface area contributed by atoms with Gasteiger partial charge in [0.1, 0.15) is 5.82 Å². The molecule has 0 aliphatic rings. The van der Waals surface area contributed by atoms with Crippen molar-refractivity contribution in [2.75, 3.05) is 13.7 Å². The fourth-order valence-electron chi connectivity index (χ4n) is 2.49. The second kappa shape index (κ2) is 7.04. The lowest BCUT2D eigenvalue weighted by Crippen LogP contribution is -2.02. The lowest BCUT2D eigenvalue weighted by atomic mass is 10.2. The van der Waals surface area contributed by atoms with Gasteiger partial charge in [0.2, 0.25) is 0 Å². The number of carbonyl (C=O) groups is 1. The molecule has 0 aliphatic heterocycles. The van der Waals surface area contributed by atoms with E-state index >= 15 is 0 Å². The Balaban J connectivity index is 2.06. The highest BCUT2D eigenvalue weighted by Gasteiger charge is 2.13. The van der Waals surface area contributed by atoms with Crippen LogP contribution in [0.4, 0.5) is 0 Å². The summed E-state index contributed by atoms with van der Waals surface area (Å²) in [4.78, 5) is 19.6. The van der Waals surface area contributed by atoms with Crippen molar-refractivity contribution in [3.63, 3.8) is 0 Å². The van der Waals surface area contributed by atoms with Gasteiger partial charge in [-0.2, -0.15) is 0 Å². The van der Waals surface area contributed by atoms with E-state index in [2.05, 4.69) is 9.97 Å². The summed E-state index contributed by atoms with van der Waals surface area (Å²) in [5.41, 5.74) is 1.54. The molecular formula is C18H17N3O4. The van der Waals surface area contributed by atoms with Gasteiger partial charge in [-0.3, -0.25) is 9.55 Å². The Morgan fingerprint density at radius 1 is 1.24 bits per heavy atom. The average Bonchev–Trinajstić information content (AvgIpc) is 3.12. The summed E-state index contributed by atoms with van der Waals surface area (Å²) in [6.45, 7) is 2.41. The van der Waals surface area contributed by atoms with Gasteiger partial charge in [0, 0.05) is 24.2 Å². The quantitative estimate of drug-likeness (QED) is 0.743. The molecule has 0 aliphatic carbocycles. The van der Waals surface area contributed by atoms with Crippen LogP contribution in [0.15, 0.2) is 49.1 Å². The summed E-state index contributed by atoms with van der Waals surface area (Å²) in [5.74, 6) is 0.875. The number of nitrogens with zero attached hydrogens (tertiary/aromatic N) is 3. The first-order valence-electron chi connectivity index (χ1n) is 7.67. The van der Waals surface area contributed by atoms with Gasteiger partial charge >= 0.3 is 5.97 Å². The number of pyridine rings is 1. The summed E-state index contributed by atoms with van der Waals surface area (Å²) >= 11 is 0. The van der Waals surface area contributed by atoms with Crippen LogP contribution in [0.2, 0.25) is 0 Å². The van der Waals surface area contributed by atoms with Crippen LogP contribution < -0.4 is 9.47 Å². The highest BCUT2D eigenvalue weighted by atomic mass is 16.5. The van der Waals surface area contributed by atoms with E-state index in [-0.39, 0.29) is 5.56 Å². The van der Waals surface area contributed by atoms with Gasteiger partial charge in [0.05, 0.1) is 31.2 Å². The summed E-state index contributed by atoms with van der Waals surface area (Å²) in [6, 6.07) is 7.07. The van der Waals surface area contributed by atoms with Gasteiger partial charge in [-0.25, -0.2) is 9.78 Å². The summed E-state index contributed by atoms with van der Waals surface area (Å²) in [6.07, 6.45) is 6.30. The van der Waals surface area contributed by atoms with Crippen molar-refractivity contribution < 1.29 is 19.4 Å². The fraction of sp³-hybridized carbons (Fsp3) is 0.167. The molecule has 7 heteroatoms. The molecule has 0 saturated heterocycles. The summed E-state index contributed by atoms with van der Waals surface area (Å²) in [7, 11) is 1.58. The number of hydrogen-bond donors (Lipinski definition) is 1. The number of aromatic carboxylic acids is 1. The van der Waals surface area contributed by atoms with Crippen molar-refractivity contribution in [1.29, 1.82) is 0 Å². The Labute approximate surface area is 144 Å². The van der Waals surface area contributed by atoms with Crippen molar-refractivity contribution in [3.8, 4) is 28.6 Å². The molecule has 7 nitrogen and oxygen atoms in total. The normalized spacial score (nSPS) is 10.5. The minimum atomic E-state index is -1.03. The fourth-order valence-corrected chi connectivity index (χ4v) is 2.49. The molecule has 0 spiro atoms. The van der Waals surface area contributed by atoms with Crippen molar-refractivity contribution >= 4 is 5.97 Å². The van der Waals surface area contributed by atoms with Crippen LogP contribution in [-0.4, -0.2) is 39.3 Å². The van der Waals surface area contributed by atoms with Gasteiger partial charge in [-0.15, -0.1) is 0 Å². The van der Waals surface area contributed by atoms with Crippen LogP contribution in [0, 0.1) is 0 Å². The van der Waals surface area contributed by atoms with E-state index in [1.807, 2.05) is 25.1 Å². The van der Waals surface area contributed by atoms with E-state index in [0.29, 0.717) is 29.6 Å². The maximum Gasteiger partial charge on any atom is 0.337 e. The minimum Gasteiger partial charge on any atom is -0.493 e. The molecule has 2 aromatic heterocycles. The standard InChI is InChI=1S/C18H17N3O4/c1-3-25-16-9-12(4-5-15(16)24-2)17-20-6-7-21(17)14-8-13(18(22)23)10-19-11-14/h4-11H,3H2,1-2H3,(H,22,23). The first kappa shape index (κ1) is 16.5. The van der Waals surface area contributed by atoms with Gasteiger partial charge in [0.25, 0.3) is 0 Å². The molecule has 0 atom stereocenters. The number of carboxylic acids is 1. The minimum absolute atomic E-state index is 0.113. The zero-order valence-electron chi connectivity index (χ0n) is 13.8. The third-order valence-electron chi connectivity index (χ3n) is 3.61. The predicted octanol–water partition coefficient (Wildman–Crippen LogP) is 3.04. The van der Waals surface area contributed by atoms with Crippen LogP contribution in [-0.2, 0) is 0 Å². The van der Waals surface area contributed by atoms with Crippen LogP contribution in [0.3, 0.4) is 0 Å². The van der Waals surface area contributed by atoms with Gasteiger partial charge < -0.3 is 14.6 Å². The molecule has 25 heavy (non-hydrogen) atoms. The molecule has 0 radical (unpaired) electrons. The first-order valence-corrected chi connectivity index (χ1v) is 7.67. The number of methoxy groups -OCH3 is 1. The van der Waals surface area contributed by atoms with Crippen molar-refractivity contribution in [2.45, 2.75) is 6.92 Å². The molecular weight excluding hydrogens is 322 g/mol. The van der Waals surface area contributed by atoms with Crippen LogP contribution >= 0.6 is 0 Å². The maximum atomic E-state index is 11.2. The second-order valence-corrected chi connectivity index (χ2v) is 5.16. The number of ether oxygens (including phenoxy) is 2. The topological polar surface area (TPSA) is 86.5 Å². The number of hydrogen-bond acceptors (Lipinski definition) is 5. The molecule has 1 aromatic carbocycles. The highest BCUT2D eigenvalue weighted by molar-refractivity contribution is 5.87. The van der Waals surface area contributed by atoms with Crippen LogP contribution in [0.1, 0.15) is 17.3 Å². The Morgan fingerprint density at radius 3 is 2.80 bits per heavy atom. The number of aromatic nitrogens is 3. The SMILES string of the molecule is CCOc1cc(-c2nccn2-c2cncc(C(=O)O)c2)ccc1OC. The third-order valence-corrected chi connectivity index (χ3v) is 3.61. The monoisotopic (exact) mass is 339 g/mol. The van der Waals surface area contributed by atoms with Gasteiger partial charge in [-0.05, 0) is 31.2 Å². The lowest BCUT2D eigenvalue weighted by Gasteiger charge is -2.12. The number of imidazole rings is 1.